The van der Waals surface area contributed by atoms with E-state index in [2.05, 4.69) is 10.6 Å². The first-order valence-electron chi connectivity index (χ1n) is 8.67. The second kappa shape index (κ2) is 7.07. The number of halogens is 1. The van der Waals surface area contributed by atoms with E-state index in [0.29, 0.717) is 16.9 Å². The highest BCUT2D eigenvalue weighted by Crippen LogP contribution is 2.30. The summed E-state index contributed by atoms with van der Waals surface area (Å²) in [5.41, 5.74) is 1.44. The number of rotatable bonds is 5. The van der Waals surface area contributed by atoms with Crippen LogP contribution in [0.3, 0.4) is 0 Å². The summed E-state index contributed by atoms with van der Waals surface area (Å²) >= 11 is 0. The molecule has 0 saturated heterocycles. The van der Waals surface area contributed by atoms with Crippen LogP contribution in [-0.4, -0.2) is 11.8 Å². The van der Waals surface area contributed by atoms with E-state index in [0.717, 1.165) is 12.8 Å². The fourth-order valence-corrected chi connectivity index (χ4v) is 2.72. The maximum absolute atomic E-state index is 13.8. The van der Waals surface area contributed by atoms with Crippen molar-refractivity contribution in [2.24, 2.45) is 5.92 Å². The van der Waals surface area contributed by atoms with Crippen LogP contribution < -0.4 is 10.6 Å². The number of amides is 2. The molecule has 0 spiro atoms. The van der Waals surface area contributed by atoms with Crippen LogP contribution in [0.4, 0.5) is 15.8 Å². The van der Waals surface area contributed by atoms with Gasteiger partial charge in [-0.1, -0.05) is 18.2 Å². The average molecular weight is 364 g/mol. The largest absolute Gasteiger partial charge is 0.451 e. The Morgan fingerprint density at radius 2 is 1.67 bits per heavy atom. The van der Waals surface area contributed by atoms with Gasteiger partial charge in [-0.3, -0.25) is 9.59 Å². The molecule has 0 bridgehead atoms. The Hall–Kier alpha value is -3.41. The maximum atomic E-state index is 13.8. The van der Waals surface area contributed by atoms with Crippen molar-refractivity contribution in [2.45, 2.75) is 12.8 Å². The zero-order chi connectivity index (χ0) is 18.8. The van der Waals surface area contributed by atoms with Crippen LogP contribution in [0.5, 0.6) is 0 Å². The van der Waals surface area contributed by atoms with Crippen molar-refractivity contribution in [2.75, 3.05) is 10.6 Å². The molecule has 3 aromatic rings. The third-order valence-corrected chi connectivity index (χ3v) is 4.31. The number of carbonyl (C=O) groups is 2. The van der Waals surface area contributed by atoms with Crippen molar-refractivity contribution in [1.29, 1.82) is 0 Å². The summed E-state index contributed by atoms with van der Waals surface area (Å²) in [5, 5.41) is 5.55. The Morgan fingerprint density at radius 1 is 0.926 bits per heavy atom. The predicted molar refractivity (Wildman–Crippen MR) is 99.9 cm³/mol. The third kappa shape index (κ3) is 3.89. The van der Waals surface area contributed by atoms with E-state index in [-0.39, 0.29) is 23.3 Å². The number of furan rings is 1. The summed E-state index contributed by atoms with van der Waals surface area (Å²) in [6.45, 7) is 0. The molecule has 1 saturated carbocycles. The highest BCUT2D eigenvalue weighted by Gasteiger charge is 2.29. The van der Waals surface area contributed by atoms with Gasteiger partial charge < -0.3 is 15.1 Å². The summed E-state index contributed by atoms with van der Waals surface area (Å²) in [7, 11) is 0. The van der Waals surface area contributed by atoms with Gasteiger partial charge in [0.05, 0.1) is 5.56 Å². The van der Waals surface area contributed by atoms with Gasteiger partial charge in [-0.15, -0.1) is 0 Å². The van der Waals surface area contributed by atoms with E-state index in [1.165, 1.54) is 12.1 Å². The third-order valence-electron chi connectivity index (χ3n) is 4.31. The summed E-state index contributed by atoms with van der Waals surface area (Å²) in [4.78, 5) is 24.3. The van der Waals surface area contributed by atoms with E-state index in [1.54, 1.807) is 48.5 Å². The van der Waals surface area contributed by atoms with Gasteiger partial charge in [-0.25, -0.2) is 4.39 Å². The number of carbonyl (C=O) groups excluding carboxylic acids is 2. The number of benzene rings is 2. The van der Waals surface area contributed by atoms with Crippen molar-refractivity contribution in [3.63, 3.8) is 0 Å². The van der Waals surface area contributed by atoms with Crippen LogP contribution in [0, 0.1) is 11.7 Å². The molecule has 6 heteroatoms. The van der Waals surface area contributed by atoms with Gasteiger partial charge in [0, 0.05) is 17.3 Å². The van der Waals surface area contributed by atoms with Gasteiger partial charge in [0.25, 0.3) is 5.91 Å². The molecule has 0 atom stereocenters. The monoisotopic (exact) mass is 364 g/mol. The zero-order valence-electron chi connectivity index (χ0n) is 14.4. The molecule has 27 heavy (non-hydrogen) atoms. The SMILES string of the molecule is O=C(Nc1cccc(NC(=O)C2CC2)c1)c1ccc(-c2ccccc2F)o1. The van der Waals surface area contributed by atoms with E-state index in [1.807, 2.05) is 0 Å². The molecule has 136 valence electrons. The van der Waals surface area contributed by atoms with E-state index >= 15 is 0 Å². The molecule has 2 amide bonds. The van der Waals surface area contributed by atoms with Gasteiger partial charge in [-0.2, -0.15) is 0 Å². The molecule has 0 unspecified atom stereocenters. The summed E-state index contributed by atoms with van der Waals surface area (Å²) in [6.07, 6.45) is 1.84. The Labute approximate surface area is 155 Å². The summed E-state index contributed by atoms with van der Waals surface area (Å²) < 4.78 is 19.3. The van der Waals surface area contributed by atoms with Crippen LogP contribution in [-0.2, 0) is 4.79 Å². The molecule has 0 aliphatic heterocycles. The molecule has 1 fully saturated rings. The Kier molecular flexibility index (Phi) is 4.46. The molecule has 1 aromatic heterocycles. The number of nitrogens with one attached hydrogen (secondary N) is 2. The molecule has 4 rings (SSSR count). The smallest absolute Gasteiger partial charge is 0.291 e. The Bertz CT molecular complexity index is 1010. The molecule has 1 aliphatic carbocycles. The quantitative estimate of drug-likeness (QED) is 0.690. The number of anilines is 2. The van der Waals surface area contributed by atoms with E-state index < -0.39 is 11.7 Å². The average Bonchev–Trinajstić information content (AvgIpc) is 3.40. The molecule has 1 aliphatic rings. The molecule has 1 heterocycles. The first-order chi connectivity index (χ1) is 13.1. The lowest BCUT2D eigenvalue weighted by Gasteiger charge is -2.08. The number of hydrogen-bond donors (Lipinski definition) is 2. The molecular formula is C21H17FN2O3. The normalized spacial score (nSPS) is 13.2. The fourth-order valence-electron chi connectivity index (χ4n) is 2.72. The van der Waals surface area contributed by atoms with Crippen LogP contribution in [0.15, 0.2) is 65.1 Å². The van der Waals surface area contributed by atoms with Gasteiger partial charge in [0.1, 0.15) is 11.6 Å². The molecular weight excluding hydrogens is 347 g/mol. The molecule has 2 N–H and O–H groups in total. The highest BCUT2D eigenvalue weighted by molar-refractivity contribution is 6.03. The first kappa shape index (κ1) is 17.0. The van der Waals surface area contributed by atoms with Gasteiger partial charge in [0.15, 0.2) is 5.76 Å². The van der Waals surface area contributed by atoms with Gasteiger partial charge >= 0.3 is 0 Å². The first-order valence-corrected chi connectivity index (χ1v) is 8.67. The predicted octanol–water partition coefficient (Wildman–Crippen LogP) is 4.69. The summed E-state index contributed by atoms with van der Waals surface area (Å²) in [6, 6.07) is 16.2. The van der Waals surface area contributed by atoms with Crippen LogP contribution in [0.25, 0.3) is 11.3 Å². The molecule has 5 nitrogen and oxygen atoms in total. The van der Waals surface area contributed by atoms with Gasteiger partial charge in [-0.05, 0) is 55.3 Å². The topological polar surface area (TPSA) is 71.3 Å². The zero-order valence-corrected chi connectivity index (χ0v) is 14.4. The summed E-state index contributed by atoms with van der Waals surface area (Å²) in [5.74, 6) is -0.423. The number of hydrogen-bond acceptors (Lipinski definition) is 3. The van der Waals surface area contributed by atoms with Crippen molar-refractivity contribution >= 4 is 23.2 Å². The minimum Gasteiger partial charge on any atom is -0.451 e. The lowest BCUT2D eigenvalue weighted by molar-refractivity contribution is -0.117. The van der Waals surface area contributed by atoms with Crippen LogP contribution >= 0.6 is 0 Å². The maximum Gasteiger partial charge on any atom is 0.291 e. The second-order valence-electron chi connectivity index (χ2n) is 6.44. The molecule has 2 aromatic carbocycles. The Balaban J connectivity index is 1.46. The highest BCUT2D eigenvalue weighted by atomic mass is 19.1. The minimum absolute atomic E-state index is 0.000888. The van der Waals surface area contributed by atoms with Crippen LogP contribution in [0.2, 0.25) is 0 Å². The fraction of sp³-hybridized carbons (Fsp3) is 0.143. The van der Waals surface area contributed by atoms with Crippen molar-refractivity contribution in [1.82, 2.24) is 0 Å². The van der Waals surface area contributed by atoms with E-state index in [4.69, 9.17) is 4.42 Å². The molecule has 0 radical (unpaired) electrons. The lowest BCUT2D eigenvalue weighted by Crippen LogP contribution is -2.14. The second-order valence-corrected chi connectivity index (χ2v) is 6.44. The lowest BCUT2D eigenvalue weighted by atomic mass is 10.1. The standard InChI is InChI=1S/C21H17FN2O3/c22-17-7-2-1-6-16(17)18-10-11-19(27-18)21(26)24-15-5-3-4-14(12-15)23-20(25)13-8-9-13/h1-7,10-13H,8-9H2,(H,23,25)(H,24,26). The van der Waals surface area contributed by atoms with Crippen LogP contribution in [0.1, 0.15) is 23.4 Å². The van der Waals surface area contributed by atoms with Crippen molar-refractivity contribution in [3.8, 4) is 11.3 Å². The Morgan fingerprint density at radius 3 is 2.41 bits per heavy atom. The van der Waals surface area contributed by atoms with Gasteiger partial charge in [0.2, 0.25) is 5.91 Å². The van der Waals surface area contributed by atoms with Crippen molar-refractivity contribution < 1.29 is 18.4 Å². The minimum atomic E-state index is -0.455. The van der Waals surface area contributed by atoms with Crippen molar-refractivity contribution in [3.05, 3.63) is 72.2 Å². The van der Waals surface area contributed by atoms with E-state index in [9.17, 15) is 14.0 Å².